The van der Waals surface area contributed by atoms with Crippen LogP contribution in [0.2, 0.25) is 0 Å². The molecule has 2 atom stereocenters. The van der Waals surface area contributed by atoms with Gasteiger partial charge in [-0.25, -0.2) is 0 Å². The summed E-state index contributed by atoms with van der Waals surface area (Å²) in [6.07, 6.45) is 6.93. The van der Waals surface area contributed by atoms with Gasteiger partial charge in [-0.1, -0.05) is 43.1 Å². The summed E-state index contributed by atoms with van der Waals surface area (Å²) in [7, 11) is 0. The molecule has 0 spiro atoms. The van der Waals surface area contributed by atoms with E-state index in [0.717, 1.165) is 10.7 Å². The van der Waals surface area contributed by atoms with Crippen molar-refractivity contribution in [1.82, 2.24) is 0 Å². The second-order valence-electron chi connectivity index (χ2n) is 4.97. The van der Waals surface area contributed by atoms with Gasteiger partial charge in [-0.15, -0.1) is 0 Å². The van der Waals surface area contributed by atoms with Crippen LogP contribution < -0.4 is 0 Å². The largest absolute Gasteiger partial charge is 0.0888 e. The summed E-state index contributed by atoms with van der Waals surface area (Å²) >= 11 is 3.82. The molecule has 1 rings (SSSR count). The monoisotopic (exact) mass is 232 g/mol. The molecule has 0 nitrogen and oxygen atoms in total. The second-order valence-corrected chi connectivity index (χ2v) is 6.15. The third-order valence-corrected chi connectivity index (χ3v) is 4.29. The number of rotatable bonds is 3. The average molecular weight is 233 g/mol. The molecule has 72 valence electrons. The van der Waals surface area contributed by atoms with E-state index in [1.54, 1.807) is 0 Å². The van der Waals surface area contributed by atoms with Crippen LogP contribution in [-0.2, 0) is 0 Å². The maximum Gasteiger partial charge on any atom is 0.0174 e. The molecule has 0 heterocycles. The highest BCUT2D eigenvalue weighted by Crippen LogP contribution is 2.44. The predicted octanol–water partition coefficient (Wildman–Crippen LogP) is 4.38. The minimum Gasteiger partial charge on any atom is -0.0888 e. The molecule has 0 aliphatic heterocycles. The van der Waals surface area contributed by atoms with Crippen molar-refractivity contribution in [3.05, 3.63) is 0 Å². The molecular formula is C11H21Br. The van der Waals surface area contributed by atoms with Gasteiger partial charge in [-0.05, 0) is 37.0 Å². The number of alkyl halides is 1. The first-order chi connectivity index (χ1) is 5.55. The zero-order valence-electron chi connectivity index (χ0n) is 8.57. The average Bonchev–Trinajstić information content (AvgIpc) is 2.31. The van der Waals surface area contributed by atoms with Gasteiger partial charge in [0.2, 0.25) is 0 Å². The lowest BCUT2D eigenvalue weighted by molar-refractivity contribution is 0.355. The van der Waals surface area contributed by atoms with Crippen molar-refractivity contribution >= 4 is 15.9 Å². The summed E-state index contributed by atoms with van der Waals surface area (Å²) < 4.78 is 0. The Bertz CT molecular complexity index is 140. The van der Waals surface area contributed by atoms with Gasteiger partial charge in [0.05, 0.1) is 0 Å². The first kappa shape index (κ1) is 10.6. The Balaban J connectivity index is 2.36. The van der Waals surface area contributed by atoms with Crippen molar-refractivity contribution in [2.45, 2.75) is 57.7 Å². The van der Waals surface area contributed by atoms with Crippen LogP contribution in [-0.4, -0.2) is 4.83 Å². The summed E-state index contributed by atoms with van der Waals surface area (Å²) in [4.78, 5) is 0.782. The molecule has 0 aromatic heterocycles. The van der Waals surface area contributed by atoms with Gasteiger partial charge in [0, 0.05) is 4.83 Å². The lowest BCUT2D eigenvalue weighted by Crippen LogP contribution is -2.13. The van der Waals surface area contributed by atoms with Crippen LogP contribution in [0, 0.1) is 11.3 Å². The molecular weight excluding hydrogens is 212 g/mol. The van der Waals surface area contributed by atoms with E-state index in [-0.39, 0.29) is 0 Å². The molecule has 2 unspecified atom stereocenters. The van der Waals surface area contributed by atoms with E-state index < -0.39 is 0 Å². The Kier molecular flexibility index (Phi) is 3.63. The minimum absolute atomic E-state index is 0.616. The number of hydrogen-bond acceptors (Lipinski definition) is 0. The van der Waals surface area contributed by atoms with E-state index in [1.807, 2.05) is 0 Å². The summed E-state index contributed by atoms with van der Waals surface area (Å²) in [5.41, 5.74) is 0.616. The molecule has 1 fully saturated rings. The summed E-state index contributed by atoms with van der Waals surface area (Å²) in [5, 5.41) is 0. The third-order valence-electron chi connectivity index (χ3n) is 3.08. The summed E-state index contributed by atoms with van der Waals surface area (Å²) in [6, 6.07) is 0. The molecule has 0 aromatic rings. The molecule has 0 amide bonds. The Morgan fingerprint density at radius 3 is 2.58 bits per heavy atom. The van der Waals surface area contributed by atoms with Crippen molar-refractivity contribution in [3.63, 3.8) is 0 Å². The lowest BCUT2D eigenvalue weighted by Gasteiger charge is -2.20. The zero-order valence-corrected chi connectivity index (χ0v) is 10.2. The summed E-state index contributed by atoms with van der Waals surface area (Å²) in [6.45, 7) is 7.08. The van der Waals surface area contributed by atoms with Gasteiger partial charge >= 0.3 is 0 Å². The van der Waals surface area contributed by atoms with Crippen LogP contribution in [0.1, 0.15) is 52.9 Å². The molecule has 0 radical (unpaired) electrons. The fourth-order valence-corrected chi connectivity index (χ4v) is 3.22. The highest BCUT2D eigenvalue weighted by atomic mass is 79.9. The molecule has 0 N–H and O–H groups in total. The quantitative estimate of drug-likeness (QED) is 0.634. The number of halogens is 1. The summed E-state index contributed by atoms with van der Waals surface area (Å²) in [5.74, 6) is 0.944. The van der Waals surface area contributed by atoms with Gasteiger partial charge in [0.25, 0.3) is 0 Å². The van der Waals surface area contributed by atoms with E-state index in [9.17, 15) is 0 Å². The van der Waals surface area contributed by atoms with Crippen molar-refractivity contribution in [2.24, 2.45) is 11.3 Å². The second kappa shape index (κ2) is 4.13. The van der Waals surface area contributed by atoms with E-state index in [0.29, 0.717) is 5.41 Å². The fraction of sp³-hybridized carbons (Fsp3) is 1.00. The molecule has 1 aliphatic carbocycles. The van der Waals surface area contributed by atoms with E-state index in [2.05, 4.69) is 36.7 Å². The van der Waals surface area contributed by atoms with Crippen molar-refractivity contribution in [1.29, 1.82) is 0 Å². The lowest BCUT2D eigenvalue weighted by atomic mass is 9.89. The normalized spacial score (nSPS) is 30.5. The van der Waals surface area contributed by atoms with Crippen LogP contribution in [0.5, 0.6) is 0 Å². The molecule has 1 saturated carbocycles. The SMILES string of the molecule is CCCC(Br)C1CCC(C)(C)C1. The Morgan fingerprint density at radius 1 is 1.50 bits per heavy atom. The van der Waals surface area contributed by atoms with Gasteiger partial charge < -0.3 is 0 Å². The van der Waals surface area contributed by atoms with E-state index >= 15 is 0 Å². The van der Waals surface area contributed by atoms with Crippen molar-refractivity contribution in [3.8, 4) is 0 Å². The third kappa shape index (κ3) is 2.76. The molecule has 1 aliphatic rings. The first-order valence-electron chi connectivity index (χ1n) is 5.19. The van der Waals surface area contributed by atoms with Crippen LogP contribution in [0.4, 0.5) is 0 Å². The van der Waals surface area contributed by atoms with Gasteiger partial charge in [-0.3, -0.25) is 0 Å². The van der Waals surface area contributed by atoms with Crippen LogP contribution >= 0.6 is 15.9 Å². The topological polar surface area (TPSA) is 0 Å². The highest BCUT2D eigenvalue weighted by Gasteiger charge is 2.33. The van der Waals surface area contributed by atoms with Gasteiger partial charge in [0.15, 0.2) is 0 Å². The highest BCUT2D eigenvalue weighted by molar-refractivity contribution is 9.09. The maximum absolute atomic E-state index is 3.82. The Morgan fingerprint density at radius 2 is 2.17 bits per heavy atom. The van der Waals surface area contributed by atoms with Gasteiger partial charge in [-0.2, -0.15) is 0 Å². The van der Waals surface area contributed by atoms with E-state index in [4.69, 9.17) is 0 Å². The smallest absolute Gasteiger partial charge is 0.0174 e. The van der Waals surface area contributed by atoms with Crippen LogP contribution in [0.15, 0.2) is 0 Å². The Hall–Kier alpha value is 0.480. The van der Waals surface area contributed by atoms with Crippen LogP contribution in [0.3, 0.4) is 0 Å². The predicted molar refractivity (Wildman–Crippen MR) is 58.7 cm³/mol. The number of hydrogen-bond donors (Lipinski definition) is 0. The molecule has 0 saturated heterocycles. The van der Waals surface area contributed by atoms with Crippen molar-refractivity contribution in [2.75, 3.05) is 0 Å². The molecule has 0 aromatic carbocycles. The Labute approximate surface area is 85.3 Å². The zero-order chi connectivity index (χ0) is 9.19. The molecule has 12 heavy (non-hydrogen) atoms. The first-order valence-corrected chi connectivity index (χ1v) is 6.11. The molecule has 1 heteroatoms. The standard InChI is InChI=1S/C11H21Br/c1-4-5-10(12)9-6-7-11(2,3)8-9/h9-10H,4-8H2,1-3H3. The van der Waals surface area contributed by atoms with Crippen molar-refractivity contribution < 1.29 is 0 Å². The minimum atomic E-state index is 0.616. The van der Waals surface area contributed by atoms with E-state index in [1.165, 1.54) is 32.1 Å². The maximum atomic E-state index is 3.82. The van der Waals surface area contributed by atoms with Crippen LogP contribution in [0.25, 0.3) is 0 Å². The van der Waals surface area contributed by atoms with Gasteiger partial charge in [0.1, 0.15) is 0 Å². The fourth-order valence-electron chi connectivity index (χ4n) is 2.31. The molecule has 0 bridgehead atoms.